The average Bonchev–Trinajstić information content (AvgIpc) is 2.90. The second kappa shape index (κ2) is 5.52. The van der Waals surface area contributed by atoms with Crippen molar-refractivity contribution in [2.45, 2.75) is 12.5 Å². The Morgan fingerprint density at radius 1 is 1.05 bits per heavy atom. The highest BCUT2D eigenvalue weighted by atomic mass is 35.5. The van der Waals surface area contributed by atoms with E-state index in [-0.39, 0.29) is 6.79 Å². The molecule has 0 aromatic heterocycles. The molecule has 2 aromatic carbocycles. The molecular weight excluding hydrogens is 299 g/mol. The van der Waals surface area contributed by atoms with Crippen LogP contribution in [0.4, 0.5) is 0 Å². The zero-order valence-electron chi connectivity index (χ0n) is 10.5. The number of hydrogen-bond donors (Lipinski definition) is 1. The second-order valence-electron chi connectivity index (χ2n) is 4.53. The maximum absolute atomic E-state index is 10.3. The first-order chi connectivity index (χ1) is 9.65. The third-order valence-corrected chi connectivity index (χ3v) is 3.95. The molecular formula is C15H12Cl2O3. The van der Waals surface area contributed by atoms with Crippen molar-refractivity contribution >= 4 is 23.2 Å². The van der Waals surface area contributed by atoms with Gasteiger partial charge in [-0.05, 0) is 35.4 Å². The van der Waals surface area contributed by atoms with Gasteiger partial charge in [0.15, 0.2) is 11.5 Å². The number of fused-ring (bicyclic) bond motifs is 1. The van der Waals surface area contributed by atoms with Crippen LogP contribution in [-0.2, 0) is 6.42 Å². The summed E-state index contributed by atoms with van der Waals surface area (Å²) in [7, 11) is 0. The molecule has 0 radical (unpaired) electrons. The minimum absolute atomic E-state index is 0.214. The first-order valence-electron chi connectivity index (χ1n) is 6.15. The standard InChI is InChI=1S/C15H12Cl2O3/c16-11-2-1-3-12(17)10(11)7-13(18)9-4-5-14-15(6-9)20-8-19-14/h1-6,13,18H,7-8H2. The molecule has 3 nitrogen and oxygen atoms in total. The molecule has 0 saturated heterocycles. The van der Waals surface area contributed by atoms with Crippen LogP contribution in [0, 0.1) is 0 Å². The number of rotatable bonds is 3. The van der Waals surface area contributed by atoms with Crippen LogP contribution in [0.5, 0.6) is 11.5 Å². The minimum Gasteiger partial charge on any atom is -0.454 e. The third-order valence-electron chi connectivity index (χ3n) is 3.24. The second-order valence-corrected chi connectivity index (χ2v) is 5.35. The summed E-state index contributed by atoms with van der Waals surface area (Å²) in [5.41, 5.74) is 1.48. The third kappa shape index (κ3) is 2.57. The SMILES string of the molecule is OC(Cc1c(Cl)cccc1Cl)c1ccc2c(c1)OCO2. The zero-order valence-corrected chi connectivity index (χ0v) is 12.0. The first kappa shape index (κ1) is 13.6. The highest BCUT2D eigenvalue weighted by Gasteiger charge is 2.18. The molecule has 0 bridgehead atoms. The van der Waals surface area contributed by atoms with Gasteiger partial charge in [-0.3, -0.25) is 0 Å². The Labute approximate surface area is 126 Å². The summed E-state index contributed by atoms with van der Waals surface area (Å²) in [6.45, 7) is 0.214. The van der Waals surface area contributed by atoms with E-state index >= 15 is 0 Å². The summed E-state index contributed by atoms with van der Waals surface area (Å²) in [5.74, 6) is 1.34. The number of benzene rings is 2. The molecule has 20 heavy (non-hydrogen) atoms. The van der Waals surface area contributed by atoms with Gasteiger partial charge < -0.3 is 14.6 Å². The van der Waals surface area contributed by atoms with Crippen LogP contribution in [0.1, 0.15) is 17.2 Å². The summed E-state index contributed by atoms with van der Waals surface area (Å²) >= 11 is 12.2. The van der Waals surface area contributed by atoms with E-state index in [9.17, 15) is 5.11 Å². The van der Waals surface area contributed by atoms with Gasteiger partial charge >= 0.3 is 0 Å². The Balaban J connectivity index is 1.84. The van der Waals surface area contributed by atoms with Crippen molar-refractivity contribution < 1.29 is 14.6 Å². The summed E-state index contributed by atoms with van der Waals surface area (Å²) in [5, 5.41) is 11.4. The molecule has 0 saturated carbocycles. The predicted molar refractivity (Wildman–Crippen MR) is 77.7 cm³/mol. The van der Waals surface area contributed by atoms with Gasteiger partial charge in [0.05, 0.1) is 6.10 Å². The van der Waals surface area contributed by atoms with Crippen molar-refractivity contribution in [2.24, 2.45) is 0 Å². The molecule has 1 aliphatic heterocycles. The van der Waals surface area contributed by atoms with Crippen LogP contribution in [0.2, 0.25) is 10.0 Å². The summed E-state index contributed by atoms with van der Waals surface area (Å²) in [6.07, 6.45) is -0.361. The topological polar surface area (TPSA) is 38.7 Å². The van der Waals surface area contributed by atoms with Gasteiger partial charge in [-0.1, -0.05) is 35.3 Å². The van der Waals surface area contributed by atoms with Gasteiger partial charge in [-0.25, -0.2) is 0 Å². The fourth-order valence-corrected chi connectivity index (χ4v) is 2.71. The zero-order chi connectivity index (χ0) is 14.1. The minimum atomic E-state index is -0.707. The van der Waals surface area contributed by atoms with E-state index in [1.54, 1.807) is 30.3 Å². The average molecular weight is 311 g/mol. The fourth-order valence-electron chi connectivity index (χ4n) is 2.16. The molecule has 1 heterocycles. The van der Waals surface area contributed by atoms with Crippen LogP contribution in [0.25, 0.3) is 0 Å². The van der Waals surface area contributed by atoms with Crippen molar-refractivity contribution in [2.75, 3.05) is 6.79 Å². The summed E-state index contributed by atoms with van der Waals surface area (Å²) < 4.78 is 10.5. The molecule has 1 aliphatic rings. The number of halogens is 2. The van der Waals surface area contributed by atoms with Gasteiger partial charge in [-0.15, -0.1) is 0 Å². The van der Waals surface area contributed by atoms with Crippen molar-refractivity contribution in [1.82, 2.24) is 0 Å². The maximum atomic E-state index is 10.3. The lowest BCUT2D eigenvalue weighted by Crippen LogP contribution is -2.03. The monoisotopic (exact) mass is 310 g/mol. The number of hydrogen-bond acceptors (Lipinski definition) is 3. The molecule has 1 unspecified atom stereocenters. The number of aliphatic hydroxyl groups excluding tert-OH is 1. The highest BCUT2D eigenvalue weighted by molar-refractivity contribution is 6.36. The van der Waals surface area contributed by atoms with Crippen molar-refractivity contribution in [3.05, 3.63) is 57.6 Å². The van der Waals surface area contributed by atoms with Crippen molar-refractivity contribution in [3.63, 3.8) is 0 Å². The quantitative estimate of drug-likeness (QED) is 0.931. The van der Waals surface area contributed by atoms with E-state index in [0.29, 0.717) is 28.0 Å². The molecule has 1 atom stereocenters. The van der Waals surface area contributed by atoms with Gasteiger partial charge in [0.1, 0.15) is 0 Å². The van der Waals surface area contributed by atoms with Gasteiger partial charge in [0, 0.05) is 16.5 Å². The molecule has 0 spiro atoms. The van der Waals surface area contributed by atoms with E-state index in [1.807, 2.05) is 6.07 Å². The first-order valence-corrected chi connectivity index (χ1v) is 6.91. The lowest BCUT2D eigenvalue weighted by atomic mass is 10.0. The van der Waals surface area contributed by atoms with Crippen LogP contribution in [0.3, 0.4) is 0 Å². The summed E-state index contributed by atoms with van der Waals surface area (Å²) in [4.78, 5) is 0. The van der Waals surface area contributed by atoms with Crippen LogP contribution < -0.4 is 9.47 Å². The molecule has 2 aromatic rings. The van der Waals surface area contributed by atoms with Crippen LogP contribution in [-0.4, -0.2) is 11.9 Å². The van der Waals surface area contributed by atoms with Crippen molar-refractivity contribution in [1.29, 1.82) is 0 Å². The summed E-state index contributed by atoms with van der Waals surface area (Å²) in [6, 6.07) is 10.7. The molecule has 3 rings (SSSR count). The lowest BCUT2D eigenvalue weighted by molar-refractivity contribution is 0.171. The van der Waals surface area contributed by atoms with Crippen molar-refractivity contribution in [3.8, 4) is 11.5 Å². The number of ether oxygens (including phenoxy) is 2. The largest absolute Gasteiger partial charge is 0.454 e. The predicted octanol–water partition coefficient (Wildman–Crippen LogP) is 4.00. The Bertz CT molecular complexity index is 623. The van der Waals surface area contributed by atoms with E-state index in [2.05, 4.69) is 0 Å². The van der Waals surface area contributed by atoms with E-state index in [0.717, 1.165) is 11.1 Å². The fraction of sp³-hybridized carbons (Fsp3) is 0.200. The van der Waals surface area contributed by atoms with E-state index in [4.69, 9.17) is 32.7 Å². The molecule has 1 N–H and O–H groups in total. The maximum Gasteiger partial charge on any atom is 0.231 e. The Kier molecular flexibility index (Phi) is 3.74. The lowest BCUT2D eigenvalue weighted by Gasteiger charge is -2.14. The van der Waals surface area contributed by atoms with E-state index in [1.165, 1.54) is 0 Å². The Hall–Kier alpha value is -1.42. The normalized spacial score (nSPS) is 14.3. The smallest absolute Gasteiger partial charge is 0.231 e. The van der Waals surface area contributed by atoms with E-state index < -0.39 is 6.10 Å². The van der Waals surface area contributed by atoms with Crippen LogP contribution >= 0.6 is 23.2 Å². The molecule has 0 fully saturated rings. The molecule has 0 amide bonds. The molecule has 0 aliphatic carbocycles. The van der Waals surface area contributed by atoms with Crippen LogP contribution in [0.15, 0.2) is 36.4 Å². The Morgan fingerprint density at radius 2 is 1.75 bits per heavy atom. The molecule has 104 valence electrons. The molecule has 5 heteroatoms. The van der Waals surface area contributed by atoms with Gasteiger partial charge in [0.25, 0.3) is 0 Å². The highest BCUT2D eigenvalue weighted by Crippen LogP contribution is 2.36. The number of aliphatic hydroxyl groups is 1. The van der Waals surface area contributed by atoms with Gasteiger partial charge in [-0.2, -0.15) is 0 Å². The van der Waals surface area contributed by atoms with Gasteiger partial charge in [0.2, 0.25) is 6.79 Å². The Morgan fingerprint density at radius 3 is 2.50 bits per heavy atom.